The third kappa shape index (κ3) is 3.43. The van der Waals surface area contributed by atoms with Gasteiger partial charge in [0.2, 0.25) is 0 Å². The second kappa shape index (κ2) is 6.74. The van der Waals surface area contributed by atoms with Crippen molar-refractivity contribution in [2.45, 2.75) is 38.8 Å². The molecule has 0 bridgehead atoms. The molecule has 0 aromatic carbocycles. The van der Waals surface area contributed by atoms with Crippen molar-refractivity contribution in [3.8, 4) is 0 Å². The number of ether oxygens (including phenoxy) is 1. The first-order valence-corrected chi connectivity index (χ1v) is 7.42. The average molecular weight is 317 g/mol. The van der Waals surface area contributed by atoms with Crippen molar-refractivity contribution in [1.82, 2.24) is 9.88 Å². The van der Waals surface area contributed by atoms with Gasteiger partial charge in [0.05, 0.1) is 7.11 Å². The summed E-state index contributed by atoms with van der Waals surface area (Å²) in [6.45, 7) is 3.20. The van der Waals surface area contributed by atoms with Crippen LogP contribution in [-0.4, -0.2) is 35.5 Å². The Hall–Kier alpha value is -0.840. The molecule has 20 heavy (non-hydrogen) atoms. The van der Waals surface area contributed by atoms with Crippen LogP contribution in [-0.2, 0) is 16.1 Å². The van der Waals surface area contributed by atoms with Gasteiger partial charge in [0, 0.05) is 22.8 Å². The molecule has 1 aromatic rings. The van der Waals surface area contributed by atoms with Gasteiger partial charge in [0.25, 0.3) is 0 Å². The van der Waals surface area contributed by atoms with Gasteiger partial charge in [-0.05, 0) is 32.4 Å². The maximum Gasteiger partial charge on any atom is 0.323 e. The summed E-state index contributed by atoms with van der Waals surface area (Å²) in [6.07, 6.45) is 2.90. The molecule has 1 aliphatic rings. The first-order valence-electron chi connectivity index (χ1n) is 6.66. The van der Waals surface area contributed by atoms with E-state index in [1.165, 1.54) is 7.11 Å². The summed E-state index contributed by atoms with van der Waals surface area (Å²) in [4.78, 5) is 18.1. The molecule has 1 aromatic heterocycles. The average Bonchev–Trinajstić information content (AvgIpc) is 2.42. The predicted octanol–water partition coefficient (Wildman–Crippen LogP) is 3.22. The van der Waals surface area contributed by atoms with Crippen LogP contribution in [0.4, 0.5) is 0 Å². The van der Waals surface area contributed by atoms with Crippen LogP contribution in [0.15, 0.2) is 6.07 Å². The number of aromatic nitrogens is 1. The molecule has 1 atom stereocenters. The van der Waals surface area contributed by atoms with Gasteiger partial charge in [-0.25, -0.2) is 4.98 Å². The number of piperidine rings is 1. The quantitative estimate of drug-likeness (QED) is 0.634. The zero-order valence-corrected chi connectivity index (χ0v) is 13.2. The Morgan fingerprint density at radius 1 is 1.50 bits per heavy atom. The molecule has 1 fully saturated rings. The predicted molar refractivity (Wildman–Crippen MR) is 79.1 cm³/mol. The van der Waals surface area contributed by atoms with Crippen molar-refractivity contribution in [3.63, 3.8) is 0 Å². The maximum atomic E-state index is 11.8. The summed E-state index contributed by atoms with van der Waals surface area (Å²) in [7, 11) is 1.42. The molecular weight excluding hydrogens is 299 g/mol. The van der Waals surface area contributed by atoms with Crippen molar-refractivity contribution in [1.29, 1.82) is 0 Å². The summed E-state index contributed by atoms with van der Waals surface area (Å²) in [6, 6.07) is 1.57. The molecule has 1 saturated heterocycles. The van der Waals surface area contributed by atoms with E-state index in [1.807, 2.05) is 6.92 Å². The van der Waals surface area contributed by atoms with E-state index < -0.39 is 0 Å². The van der Waals surface area contributed by atoms with Gasteiger partial charge < -0.3 is 4.74 Å². The highest BCUT2D eigenvalue weighted by Gasteiger charge is 2.30. The number of methoxy groups -OCH3 is 1. The van der Waals surface area contributed by atoms with Crippen molar-refractivity contribution >= 4 is 29.2 Å². The highest BCUT2D eigenvalue weighted by atomic mass is 35.5. The lowest BCUT2D eigenvalue weighted by Gasteiger charge is -2.34. The normalized spacial score (nSPS) is 19.9. The lowest BCUT2D eigenvalue weighted by molar-refractivity contribution is -0.148. The number of rotatable bonds is 3. The smallest absolute Gasteiger partial charge is 0.323 e. The van der Waals surface area contributed by atoms with E-state index in [9.17, 15) is 4.79 Å². The zero-order chi connectivity index (χ0) is 14.7. The molecule has 1 unspecified atom stereocenters. The Morgan fingerprint density at radius 2 is 2.25 bits per heavy atom. The Bertz CT molecular complexity index is 485. The van der Waals surface area contributed by atoms with Crippen molar-refractivity contribution in [2.24, 2.45) is 0 Å². The third-order valence-electron chi connectivity index (χ3n) is 3.60. The SMILES string of the molecule is COC(=O)C1CCCCN1Cc1c(Cl)cc(C)nc1Cl. The standard InChI is InChI=1S/C14H18Cl2N2O2/c1-9-7-11(15)10(13(16)17-9)8-18-6-4-3-5-12(18)14(19)20-2/h7,12H,3-6,8H2,1-2H3. The van der Waals surface area contributed by atoms with Crippen LogP contribution in [0.2, 0.25) is 10.2 Å². The van der Waals surface area contributed by atoms with Crippen LogP contribution in [0.25, 0.3) is 0 Å². The number of halogens is 2. The summed E-state index contributed by atoms with van der Waals surface area (Å²) in [5, 5.41) is 1.00. The van der Waals surface area contributed by atoms with Crippen molar-refractivity contribution in [3.05, 3.63) is 27.5 Å². The fraction of sp³-hybridized carbons (Fsp3) is 0.571. The van der Waals surface area contributed by atoms with Crippen molar-refractivity contribution < 1.29 is 9.53 Å². The van der Waals surface area contributed by atoms with Crippen LogP contribution in [0.3, 0.4) is 0 Å². The molecule has 1 aliphatic heterocycles. The molecule has 2 heterocycles. The van der Waals surface area contributed by atoms with Gasteiger partial charge in [-0.15, -0.1) is 0 Å². The van der Waals surface area contributed by atoms with Crippen LogP contribution in [0.5, 0.6) is 0 Å². The van der Waals surface area contributed by atoms with Crippen LogP contribution < -0.4 is 0 Å². The number of hydrogen-bond donors (Lipinski definition) is 0. The minimum Gasteiger partial charge on any atom is -0.468 e. The third-order valence-corrected chi connectivity index (χ3v) is 4.25. The Balaban J connectivity index is 2.21. The molecule has 0 saturated carbocycles. The molecule has 0 aliphatic carbocycles. The lowest BCUT2D eigenvalue weighted by Crippen LogP contribution is -2.44. The van der Waals surface area contributed by atoms with Gasteiger partial charge in [0.1, 0.15) is 11.2 Å². The minimum atomic E-state index is -0.220. The minimum absolute atomic E-state index is 0.197. The highest BCUT2D eigenvalue weighted by molar-refractivity contribution is 6.35. The molecule has 110 valence electrons. The van der Waals surface area contributed by atoms with Gasteiger partial charge in [0.15, 0.2) is 0 Å². The molecule has 4 nitrogen and oxygen atoms in total. The second-order valence-electron chi connectivity index (χ2n) is 5.02. The number of esters is 1. The lowest BCUT2D eigenvalue weighted by atomic mass is 10.0. The van der Waals surface area contributed by atoms with Crippen LogP contribution in [0, 0.1) is 6.92 Å². The molecule has 0 amide bonds. The molecule has 6 heteroatoms. The number of aryl methyl sites for hydroxylation is 1. The topological polar surface area (TPSA) is 42.4 Å². The number of nitrogens with zero attached hydrogens (tertiary/aromatic N) is 2. The Labute approximate surface area is 129 Å². The van der Waals surface area contributed by atoms with E-state index in [-0.39, 0.29) is 12.0 Å². The summed E-state index contributed by atoms with van der Waals surface area (Å²) in [5.41, 5.74) is 1.56. The number of carbonyl (C=O) groups is 1. The summed E-state index contributed by atoms with van der Waals surface area (Å²) >= 11 is 12.4. The second-order valence-corrected chi connectivity index (χ2v) is 5.79. The Kier molecular flexibility index (Phi) is 5.24. The van der Waals surface area contributed by atoms with E-state index in [1.54, 1.807) is 6.07 Å². The van der Waals surface area contributed by atoms with Gasteiger partial charge in [-0.2, -0.15) is 0 Å². The number of pyridine rings is 1. The van der Waals surface area contributed by atoms with Crippen LogP contribution in [0.1, 0.15) is 30.5 Å². The largest absolute Gasteiger partial charge is 0.468 e. The summed E-state index contributed by atoms with van der Waals surface area (Å²) < 4.78 is 4.88. The number of hydrogen-bond acceptors (Lipinski definition) is 4. The fourth-order valence-corrected chi connectivity index (χ4v) is 3.20. The van der Waals surface area contributed by atoms with E-state index in [4.69, 9.17) is 27.9 Å². The first kappa shape index (κ1) is 15.5. The van der Waals surface area contributed by atoms with Gasteiger partial charge in [-0.1, -0.05) is 29.6 Å². The van der Waals surface area contributed by atoms with Gasteiger partial charge in [-0.3, -0.25) is 9.69 Å². The Morgan fingerprint density at radius 3 is 2.90 bits per heavy atom. The highest BCUT2D eigenvalue weighted by Crippen LogP contribution is 2.28. The van der Waals surface area contributed by atoms with E-state index in [0.717, 1.165) is 37.1 Å². The fourth-order valence-electron chi connectivity index (χ4n) is 2.55. The van der Waals surface area contributed by atoms with Crippen molar-refractivity contribution in [2.75, 3.05) is 13.7 Å². The first-order chi connectivity index (χ1) is 9.52. The molecular formula is C14H18Cl2N2O2. The van der Waals surface area contributed by atoms with E-state index in [0.29, 0.717) is 16.7 Å². The number of carbonyl (C=O) groups excluding carboxylic acids is 1. The van der Waals surface area contributed by atoms with E-state index in [2.05, 4.69) is 9.88 Å². The number of likely N-dealkylation sites (tertiary alicyclic amines) is 1. The molecule has 0 N–H and O–H groups in total. The van der Waals surface area contributed by atoms with E-state index >= 15 is 0 Å². The van der Waals surface area contributed by atoms with Crippen LogP contribution >= 0.6 is 23.2 Å². The summed E-state index contributed by atoms with van der Waals surface area (Å²) in [5.74, 6) is -0.197. The van der Waals surface area contributed by atoms with Gasteiger partial charge >= 0.3 is 5.97 Å². The molecule has 2 rings (SSSR count). The monoisotopic (exact) mass is 316 g/mol. The molecule has 0 radical (unpaired) electrons. The maximum absolute atomic E-state index is 11.8. The molecule has 0 spiro atoms. The zero-order valence-electron chi connectivity index (χ0n) is 11.7.